The first-order valence-corrected chi connectivity index (χ1v) is 5.66. The van der Waals surface area contributed by atoms with E-state index < -0.39 is 17.5 Å². The lowest BCUT2D eigenvalue weighted by molar-refractivity contribution is -0.152. The van der Waals surface area contributed by atoms with Crippen molar-refractivity contribution in [2.45, 2.75) is 31.3 Å². The summed E-state index contributed by atoms with van der Waals surface area (Å²) < 4.78 is 4.57. The van der Waals surface area contributed by atoms with Crippen LogP contribution in [0.2, 0.25) is 0 Å². The van der Waals surface area contributed by atoms with Gasteiger partial charge in [0.2, 0.25) is 0 Å². The van der Waals surface area contributed by atoms with Crippen molar-refractivity contribution in [2.75, 3.05) is 7.11 Å². The molecule has 1 aliphatic carbocycles. The molecule has 0 amide bonds. The summed E-state index contributed by atoms with van der Waals surface area (Å²) >= 11 is 1.50. The zero-order valence-electron chi connectivity index (χ0n) is 8.69. The van der Waals surface area contributed by atoms with Crippen LogP contribution in [0.5, 0.6) is 0 Å². The van der Waals surface area contributed by atoms with Crippen molar-refractivity contribution in [1.29, 1.82) is 0 Å². The predicted molar refractivity (Wildman–Crippen MR) is 55.8 cm³/mol. The lowest BCUT2D eigenvalue weighted by atomic mass is 9.96. The molecule has 0 aliphatic heterocycles. The summed E-state index contributed by atoms with van der Waals surface area (Å²) in [6, 6.07) is 0. The highest BCUT2D eigenvalue weighted by Gasteiger charge is 2.55. The molecule has 0 bridgehead atoms. The summed E-state index contributed by atoms with van der Waals surface area (Å²) in [5.74, 6) is -0.555. The van der Waals surface area contributed by atoms with Gasteiger partial charge in [0.05, 0.1) is 18.3 Å². The molecular formula is C10H13NO3S. The topological polar surface area (TPSA) is 59.4 Å². The molecule has 15 heavy (non-hydrogen) atoms. The molecule has 0 aromatic carbocycles. The van der Waals surface area contributed by atoms with Crippen LogP contribution in [-0.2, 0) is 14.9 Å². The fourth-order valence-electron chi connectivity index (χ4n) is 1.88. The maximum Gasteiger partial charge on any atom is 0.335 e. The summed E-state index contributed by atoms with van der Waals surface area (Å²) in [7, 11) is 1.29. The van der Waals surface area contributed by atoms with Gasteiger partial charge in [-0.1, -0.05) is 0 Å². The fraction of sp³-hybridized carbons (Fsp3) is 0.600. The van der Waals surface area contributed by atoms with E-state index in [1.54, 1.807) is 5.51 Å². The Bertz CT molecular complexity index is 384. The van der Waals surface area contributed by atoms with Crippen LogP contribution < -0.4 is 0 Å². The van der Waals surface area contributed by atoms with E-state index in [0.29, 0.717) is 0 Å². The quantitative estimate of drug-likeness (QED) is 0.783. The third kappa shape index (κ3) is 1.55. The molecular weight excluding hydrogens is 214 g/mol. The SMILES string of the molecule is COC(=O)C(O)C1(c2scnc2C)CC1. The van der Waals surface area contributed by atoms with Gasteiger partial charge < -0.3 is 9.84 Å². The standard InChI is InChI=1S/C10H13NO3S/c1-6-8(15-5-11-6)10(3-4-10)7(12)9(13)14-2/h5,7,12H,3-4H2,1-2H3. The number of esters is 1. The lowest BCUT2D eigenvalue weighted by Gasteiger charge is -2.19. The second-order valence-corrected chi connectivity index (χ2v) is 4.70. The largest absolute Gasteiger partial charge is 0.467 e. The molecule has 0 radical (unpaired) electrons. The van der Waals surface area contributed by atoms with Gasteiger partial charge in [0.25, 0.3) is 0 Å². The number of carbonyl (C=O) groups is 1. The number of carbonyl (C=O) groups excluding carboxylic acids is 1. The normalized spacial score (nSPS) is 19.7. The Balaban J connectivity index is 2.28. The Labute approximate surface area is 91.9 Å². The van der Waals surface area contributed by atoms with Gasteiger partial charge in [0.15, 0.2) is 6.10 Å². The first-order chi connectivity index (χ1) is 7.12. The van der Waals surface area contributed by atoms with Crippen molar-refractivity contribution >= 4 is 17.3 Å². The predicted octanol–water partition coefficient (Wildman–Crippen LogP) is 1.02. The Morgan fingerprint density at radius 2 is 2.40 bits per heavy atom. The van der Waals surface area contributed by atoms with Crippen molar-refractivity contribution < 1.29 is 14.6 Å². The highest BCUT2D eigenvalue weighted by molar-refractivity contribution is 7.10. The highest BCUT2D eigenvalue weighted by Crippen LogP contribution is 2.53. The summed E-state index contributed by atoms with van der Waals surface area (Å²) in [6.07, 6.45) is 0.597. The molecule has 0 spiro atoms. The Kier molecular flexibility index (Phi) is 2.52. The van der Waals surface area contributed by atoms with Crippen molar-refractivity contribution in [2.24, 2.45) is 0 Å². The molecule has 1 saturated carbocycles. The van der Waals surface area contributed by atoms with Crippen LogP contribution in [0.15, 0.2) is 5.51 Å². The number of methoxy groups -OCH3 is 1. The zero-order valence-corrected chi connectivity index (χ0v) is 9.50. The summed E-state index contributed by atoms with van der Waals surface area (Å²) in [5.41, 5.74) is 2.23. The van der Waals surface area contributed by atoms with Gasteiger partial charge in [-0.2, -0.15) is 0 Å². The van der Waals surface area contributed by atoms with Gasteiger partial charge in [-0.3, -0.25) is 0 Å². The number of nitrogens with zero attached hydrogens (tertiary/aromatic N) is 1. The number of aryl methyl sites for hydroxylation is 1. The van der Waals surface area contributed by atoms with Crippen LogP contribution in [0.1, 0.15) is 23.4 Å². The summed E-state index contributed by atoms with van der Waals surface area (Å²) in [6.45, 7) is 1.90. The fourth-order valence-corrected chi connectivity index (χ4v) is 2.97. The molecule has 82 valence electrons. The van der Waals surface area contributed by atoms with Gasteiger partial charge in [0.1, 0.15) is 0 Å². The van der Waals surface area contributed by atoms with E-state index >= 15 is 0 Å². The summed E-state index contributed by atoms with van der Waals surface area (Å²) in [5, 5.41) is 9.91. The van der Waals surface area contributed by atoms with Crippen molar-refractivity contribution in [3.8, 4) is 0 Å². The average Bonchev–Trinajstić information content (AvgIpc) is 2.94. The molecule has 1 aromatic heterocycles. The van der Waals surface area contributed by atoms with E-state index in [1.807, 2.05) is 6.92 Å². The van der Waals surface area contributed by atoms with Crippen molar-refractivity contribution in [3.05, 3.63) is 16.1 Å². The highest BCUT2D eigenvalue weighted by atomic mass is 32.1. The molecule has 1 aliphatic rings. The smallest absolute Gasteiger partial charge is 0.335 e. The minimum Gasteiger partial charge on any atom is -0.467 e. The molecule has 1 unspecified atom stereocenters. The molecule has 2 rings (SSSR count). The van der Waals surface area contributed by atoms with E-state index in [2.05, 4.69) is 9.72 Å². The zero-order chi connectivity index (χ0) is 11.1. The van der Waals surface area contributed by atoms with Crippen LogP contribution in [-0.4, -0.2) is 29.3 Å². The molecule has 4 nitrogen and oxygen atoms in total. The number of aromatic nitrogens is 1. The molecule has 1 aromatic rings. The van der Waals surface area contributed by atoms with E-state index in [1.165, 1.54) is 18.4 Å². The van der Waals surface area contributed by atoms with E-state index in [9.17, 15) is 9.90 Å². The van der Waals surface area contributed by atoms with Crippen molar-refractivity contribution in [3.63, 3.8) is 0 Å². The number of rotatable bonds is 3. The maximum absolute atomic E-state index is 11.3. The van der Waals surface area contributed by atoms with Crippen LogP contribution in [0, 0.1) is 6.92 Å². The number of hydrogen-bond donors (Lipinski definition) is 1. The molecule has 1 atom stereocenters. The summed E-state index contributed by atoms with van der Waals surface area (Å²) in [4.78, 5) is 16.5. The number of hydrogen-bond acceptors (Lipinski definition) is 5. The van der Waals surface area contributed by atoms with Crippen LogP contribution >= 0.6 is 11.3 Å². The van der Waals surface area contributed by atoms with Gasteiger partial charge in [-0.05, 0) is 19.8 Å². The van der Waals surface area contributed by atoms with Gasteiger partial charge >= 0.3 is 5.97 Å². The molecule has 1 N–H and O–H groups in total. The second-order valence-electron chi connectivity index (χ2n) is 3.85. The average molecular weight is 227 g/mol. The number of aliphatic hydroxyl groups excluding tert-OH is 1. The van der Waals surface area contributed by atoms with E-state index in [0.717, 1.165) is 23.4 Å². The van der Waals surface area contributed by atoms with Crippen molar-refractivity contribution in [1.82, 2.24) is 4.98 Å². The van der Waals surface area contributed by atoms with E-state index in [-0.39, 0.29) is 0 Å². The molecule has 1 fully saturated rings. The molecule has 1 heterocycles. The van der Waals surface area contributed by atoms with Gasteiger partial charge in [0, 0.05) is 10.3 Å². The van der Waals surface area contributed by atoms with E-state index in [4.69, 9.17) is 0 Å². The minimum absolute atomic E-state index is 0.418. The molecule has 0 saturated heterocycles. The third-order valence-corrected chi connectivity index (χ3v) is 4.08. The van der Waals surface area contributed by atoms with Crippen LogP contribution in [0.3, 0.4) is 0 Å². The number of aliphatic hydroxyl groups is 1. The van der Waals surface area contributed by atoms with Crippen LogP contribution in [0.25, 0.3) is 0 Å². The first kappa shape index (κ1) is 10.6. The second kappa shape index (κ2) is 3.57. The Morgan fingerprint density at radius 1 is 1.73 bits per heavy atom. The lowest BCUT2D eigenvalue weighted by Crippen LogP contribution is -2.34. The number of ether oxygens (including phenoxy) is 1. The Morgan fingerprint density at radius 3 is 2.80 bits per heavy atom. The minimum atomic E-state index is -1.05. The van der Waals surface area contributed by atoms with Gasteiger partial charge in [-0.15, -0.1) is 11.3 Å². The maximum atomic E-state index is 11.3. The number of thiazole rings is 1. The van der Waals surface area contributed by atoms with Gasteiger partial charge in [-0.25, -0.2) is 9.78 Å². The first-order valence-electron chi connectivity index (χ1n) is 4.78. The molecule has 5 heteroatoms. The van der Waals surface area contributed by atoms with Crippen LogP contribution in [0.4, 0.5) is 0 Å². The third-order valence-electron chi connectivity index (χ3n) is 2.93. The monoisotopic (exact) mass is 227 g/mol. The Hall–Kier alpha value is -0.940.